The third-order valence-electron chi connectivity index (χ3n) is 3.45. The molecule has 9 heteroatoms. The van der Waals surface area contributed by atoms with Crippen molar-refractivity contribution in [1.82, 2.24) is 4.31 Å². The van der Waals surface area contributed by atoms with E-state index in [2.05, 4.69) is 0 Å². The van der Waals surface area contributed by atoms with E-state index in [1.807, 2.05) is 0 Å². The molecule has 2 aromatic rings. The number of carbonyl (C=O) groups is 1. The average molecular weight is 367 g/mol. The van der Waals surface area contributed by atoms with E-state index in [0.717, 1.165) is 28.6 Å². The molecular weight excluding hydrogens is 353 g/mol. The van der Waals surface area contributed by atoms with Gasteiger partial charge in [-0.25, -0.2) is 12.8 Å². The lowest BCUT2D eigenvalue weighted by Crippen LogP contribution is -2.34. The summed E-state index contributed by atoms with van der Waals surface area (Å²) in [5.41, 5.74) is 0. The van der Waals surface area contributed by atoms with Gasteiger partial charge in [-0.1, -0.05) is 0 Å². The topological polar surface area (TPSA) is 82.1 Å². The molecule has 7 nitrogen and oxygen atoms in total. The first kappa shape index (κ1) is 17.2. The van der Waals surface area contributed by atoms with Crippen LogP contribution in [0.2, 0.25) is 0 Å². The van der Waals surface area contributed by atoms with Crippen LogP contribution in [-0.4, -0.2) is 39.1 Å². The van der Waals surface area contributed by atoms with E-state index in [1.54, 1.807) is 6.07 Å². The van der Waals surface area contributed by atoms with Crippen molar-refractivity contribution in [2.75, 3.05) is 20.4 Å². The molecule has 1 aliphatic rings. The lowest BCUT2D eigenvalue weighted by molar-refractivity contribution is -0.134. The van der Waals surface area contributed by atoms with Gasteiger partial charge in [-0.05, 0) is 36.4 Å². The van der Waals surface area contributed by atoms with Crippen LogP contribution >= 0.6 is 0 Å². The number of esters is 1. The zero-order valence-corrected chi connectivity index (χ0v) is 14.0. The quantitative estimate of drug-likeness (QED) is 0.592. The molecule has 0 spiro atoms. The number of nitrogens with zero attached hydrogens (tertiary/aromatic N) is 1. The van der Waals surface area contributed by atoms with Gasteiger partial charge >= 0.3 is 5.97 Å². The number of rotatable bonds is 5. The van der Waals surface area contributed by atoms with E-state index >= 15 is 0 Å². The smallest absolute Gasteiger partial charge is 0.326 e. The minimum Gasteiger partial charge on any atom is -0.454 e. The molecule has 0 radical (unpaired) electrons. The van der Waals surface area contributed by atoms with Crippen LogP contribution < -0.4 is 14.2 Å². The summed E-state index contributed by atoms with van der Waals surface area (Å²) in [6.45, 7) is -0.417. The first-order valence-electron chi connectivity index (χ1n) is 7.18. The minimum atomic E-state index is -3.93. The average Bonchev–Trinajstić information content (AvgIpc) is 3.02. The van der Waals surface area contributed by atoms with Crippen molar-refractivity contribution in [3.8, 4) is 17.2 Å². The van der Waals surface area contributed by atoms with Crippen molar-refractivity contribution in [2.45, 2.75) is 4.90 Å². The lowest BCUT2D eigenvalue weighted by Gasteiger charge is -2.16. The fourth-order valence-electron chi connectivity index (χ4n) is 2.16. The number of hydrogen-bond acceptors (Lipinski definition) is 6. The molecule has 0 N–H and O–H groups in total. The van der Waals surface area contributed by atoms with E-state index in [-0.39, 0.29) is 17.4 Å². The number of halogens is 1. The molecule has 132 valence electrons. The van der Waals surface area contributed by atoms with Crippen molar-refractivity contribution in [3.63, 3.8) is 0 Å². The first-order chi connectivity index (χ1) is 11.9. The number of carbonyl (C=O) groups excluding carboxylic acids is 1. The molecule has 0 unspecified atom stereocenters. The van der Waals surface area contributed by atoms with E-state index in [9.17, 15) is 17.6 Å². The Labute approximate surface area is 143 Å². The Morgan fingerprint density at radius 3 is 2.56 bits per heavy atom. The summed E-state index contributed by atoms with van der Waals surface area (Å²) in [7, 11) is -2.70. The molecule has 3 rings (SSSR count). The van der Waals surface area contributed by atoms with Crippen molar-refractivity contribution in [1.29, 1.82) is 0 Å². The lowest BCUT2D eigenvalue weighted by atomic mass is 10.3. The first-order valence-corrected chi connectivity index (χ1v) is 8.62. The van der Waals surface area contributed by atoms with Crippen LogP contribution in [0.5, 0.6) is 17.2 Å². The number of benzene rings is 2. The number of fused-ring (bicyclic) bond motifs is 1. The standard InChI is InChI=1S/C16H14FNO6S/c1-18(25(20,21)13-5-2-11(17)3-6-13)9-16(19)24-12-4-7-14-15(8-12)23-10-22-14/h2-8H,9-10H2,1H3. The van der Waals surface area contributed by atoms with Crippen LogP contribution in [0.3, 0.4) is 0 Å². The zero-order valence-electron chi connectivity index (χ0n) is 13.1. The van der Waals surface area contributed by atoms with Crippen LogP contribution in [0.25, 0.3) is 0 Å². The van der Waals surface area contributed by atoms with Gasteiger partial charge in [0.25, 0.3) is 0 Å². The summed E-state index contributed by atoms with van der Waals surface area (Å²) in [6.07, 6.45) is 0. The van der Waals surface area contributed by atoms with Gasteiger partial charge < -0.3 is 14.2 Å². The largest absolute Gasteiger partial charge is 0.454 e. The van der Waals surface area contributed by atoms with Gasteiger partial charge in [-0.2, -0.15) is 4.31 Å². The van der Waals surface area contributed by atoms with Crippen LogP contribution in [-0.2, 0) is 14.8 Å². The van der Waals surface area contributed by atoms with Gasteiger partial charge in [0.2, 0.25) is 16.8 Å². The second kappa shape index (κ2) is 6.69. The fraction of sp³-hybridized carbons (Fsp3) is 0.188. The maximum atomic E-state index is 12.9. The van der Waals surface area contributed by atoms with Crippen LogP contribution in [0.4, 0.5) is 4.39 Å². The maximum Gasteiger partial charge on any atom is 0.326 e. The van der Waals surface area contributed by atoms with E-state index in [1.165, 1.54) is 19.2 Å². The molecular formula is C16H14FNO6S. The van der Waals surface area contributed by atoms with Gasteiger partial charge in [0.1, 0.15) is 18.1 Å². The highest BCUT2D eigenvalue weighted by molar-refractivity contribution is 7.89. The fourth-order valence-corrected chi connectivity index (χ4v) is 3.27. The summed E-state index contributed by atoms with van der Waals surface area (Å²) in [4.78, 5) is 11.9. The van der Waals surface area contributed by atoms with Crippen molar-refractivity contribution in [3.05, 3.63) is 48.3 Å². The van der Waals surface area contributed by atoms with Crippen molar-refractivity contribution < 1.29 is 31.8 Å². The molecule has 1 aliphatic heterocycles. The second-order valence-corrected chi connectivity index (χ2v) is 7.25. The summed E-state index contributed by atoms with van der Waals surface area (Å²) in [5, 5.41) is 0. The molecule has 0 saturated heterocycles. The SMILES string of the molecule is CN(CC(=O)Oc1ccc2c(c1)OCO2)S(=O)(=O)c1ccc(F)cc1. The normalized spacial score (nSPS) is 13.1. The Bertz CT molecular complexity index is 897. The molecule has 0 fully saturated rings. The summed E-state index contributed by atoms with van der Waals surface area (Å²) in [5.74, 6) is -0.133. The molecule has 0 aromatic heterocycles. The highest BCUT2D eigenvalue weighted by Gasteiger charge is 2.24. The number of hydrogen-bond donors (Lipinski definition) is 0. The maximum absolute atomic E-state index is 12.9. The Balaban J connectivity index is 1.66. The third-order valence-corrected chi connectivity index (χ3v) is 5.27. The molecule has 2 aromatic carbocycles. The van der Waals surface area contributed by atoms with Gasteiger partial charge in [0.15, 0.2) is 11.5 Å². The van der Waals surface area contributed by atoms with Crippen LogP contribution in [0.1, 0.15) is 0 Å². The van der Waals surface area contributed by atoms with Gasteiger partial charge in [0.05, 0.1) is 4.90 Å². The Kier molecular flexibility index (Phi) is 4.60. The molecule has 0 atom stereocenters. The molecule has 0 amide bonds. The Morgan fingerprint density at radius 2 is 1.84 bits per heavy atom. The highest BCUT2D eigenvalue weighted by atomic mass is 32.2. The van der Waals surface area contributed by atoms with E-state index in [4.69, 9.17) is 14.2 Å². The van der Waals surface area contributed by atoms with Gasteiger partial charge in [0, 0.05) is 13.1 Å². The molecule has 1 heterocycles. The van der Waals surface area contributed by atoms with Crippen molar-refractivity contribution in [2.24, 2.45) is 0 Å². The second-order valence-electron chi connectivity index (χ2n) is 5.20. The number of sulfonamides is 1. The minimum absolute atomic E-state index is 0.0887. The highest BCUT2D eigenvalue weighted by Crippen LogP contribution is 2.35. The van der Waals surface area contributed by atoms with Crippen molar-refractivity contribution >= 4 is 16.0 Å². The van der Waals surface area contributed by atoms with Gasteiger partial charge in [-0.15, -0.1) is 0 Å². The zero-order chi connectivity index (χ0) is 18.0. The summed E-state index contributed by atoms with van der Waals surface area (Å²) >= 11 is 0. The van der Waals surface area contributed by atoms with Crippen LogP contribution in [0.15, 0.2) is 47.4 Å². The predicted octanol–water partition coefficient (Wildman–Crippen LogP) is 1.78. The van der Waals surface area contributed by atoms with Gasteiger partial charge in [-0.3, -0.25) is 4.79 Å². The Hall–Kier alpha value is -2.65. The monoisotopic (exact) mass is 367 g/mol. The summed E-state index contributed by atoms with van der Waals surface area (Å²) < 4.78 is 53.9. The van der Waals surface area contributed by atoms with Crippen LogP contribution in [0, 0.1) is 5.82 Å². The number of ether oxygens (including phenoxy) is 3. The molecule has 0 saturated carbocycles. The Morgan fingerprint density at radius 1 is 1.16 bits per heavy atom. The third kappa shape index (κ3) is 3.72. The molecule has 0 bridgehead atoms. The van der Waals surface area contributed by atoms with E-state index in [0.29, 0.717) is 11.5 Å². The summed E-state index contributed by atoms with van der Waals surface area (Å²) in [6, 6.07) is 8.91. The van der Waals surface area contributed by atoms with E-state index < -0.39 is 28.4 Å². The molecule has 0 aliphatic carbocycles. The molecule has 25 heavy (non-hydrogen) atoms. The number of likely N-dealkylation sites (N-methyl/N-ethyl adjacent to an activating group) is 1. The predicted molar refractivity (Wildman–Crippen MR) is 84.4 cm³/mol.